The van der Waals surface area contributed by atoms with Crippen LogP contribution in [0.25, 0.3) is 0 Å². The molecular formula is C26H53NO7. The highest BCUT2D eigenvalue weighted by Gasteiger charge is 2.23. The second-order valence-corrected chi connectivity index (χ2v) is 8.45. The van der Waals surface area contributed by atoms with Crippen LogP contribution in [0.15, 0.2) is 0 Å². The first-order valence-corrected chi connectivity index (χ1v) is 13.3. The Bertz CT molecular complexity index is 406. The average molecular weight is 492 g/mol. The van der Waals surface area contributed by atoms with E-state index in [9.17, 15) is 4.79 Å². The lowest BCUT2D eigenvalue weighted by Gasteiger charge is -2.28. The van der Waals surface area contributed by atoms with Crippen LogP contribution in [0.1, 0.15) is 65.2 Å². The minimum Gasteiger partial charge on any atom is -0.382 e. The molecule has 0 saturated heterocycles. The molecule has 0 aliphatic rings. The number of carbonyl (C=O) groups excluding carboxylic acids is 1. The van der Waals surface area contributed by atoms with E-state index >= 15 is 0 Å². The molecule has 1 unspecified atom stereocenters. The number of hydrogen-bond acceptors (Lipinski definition) is 7. The monoisotopic (exact) mass is 491 g/mol. The lowest BCUT2D eigenvalue weighted by molar-refractivity contribution is -0.138. The van der Waals surface area contributed by atoms with Gasteiger partial charge in [0.25, 0.3) is 0 Å². The van der Waals surface area contributed by atoms with E-state index < -0.39 is 0 Å². The zero-order chi connectivity index (χ0) is 25.1. The van der Waals surface area contributed by atoms with Crippen molar-refractivity contribution < 1.29 is 33.2 Å². The largest absolute Gasteiger partial charge is 0.382 e. The highest BCUT2D eigenvalue weighted by Crippen LogP contribution is 2.20. The van der Waals surface area contributed by atoms with Crippen LogP contribution in [0, 0.1) is 5.92 Å². The predicted octanol–water partition coefficient (Wildman–Crippen LogP) is 3.95. The molecule has 0 saturated carbocycles. The lowest BCUT2D eigenvalue weighted by Crippen LogP contribution is -2.41. The fourth-order valence-corrected chi connectivity index (χ4v) is 3.53. The van der Waals surface area contributed by atoms with Crippen molar-refractivity contribution in [1.29, 1.82) is 0 Å². The summed E-state index contributed by atoms with van der Waals surface area (Å²) < 4.78 is 32.2. The Balaban J connectivity index is 4.57. The van der Waals surface area contributed by atoms with Crippen molar-refractivity contribution in [2.24, 2.45) is 5.92 Å². The molecule has 0 rings (SSSR count). The maximum absolute atomic E-state index is 13.4. The summed E-state index contributed by atoms with van der Waals surface area (Å²) in [6.07, 6.45) is 8.88. The molecule has 8 heteroatoms. The number of carbonyl (C=O) groups is 1. The highest BCUT2D eigenvalue weighted by molar-refractivity contribution is 5.78. The molecule has 0 aromatic carbocycles. The van der Waals surface area contributed by atoms with Gasteiger partial charge in [-0.2, -0.15) is 0 Å². The molecule has 0 N–H and O–H groups in total. The molecule has 0 aliphatic heterocycles. The van der Waals surface area contributed by atoms with Gasteiger partial charge in [-0.1, -0.05) is 52.4 Å². The fourth-order valence-electron chi connectivity index (χ4n) is 3.53. The van der Waals surface area contributed by atoms with Crippen molar-refractivity contribution in [3.63, 3.8) is 0 Å². The summed E-state index contributed by atoms with van der Waals surface area (Å²) in [7, 11) is 3.31. The first-order chi connectivity index (χ1) is 16.7. The third kappa shape index (κ3) is 20.6. The second kappa shape index (κ2) is 26.8. The van der Waals surface area contributed by atoms with Gasteiger partial charge in [-0.3, -0.25) is 4.79 Å². The van der Waals surface area contributed by atoms with Crippen LogP contribution in [0.3, 0.4) is 0 Å². The lowest BCUT2D eigenvalue weighted by atomic mass is 9.93. The minimum absolute atomic E-state index is 0.0894. The number of rotatable bonds is 27. The van der Waals surface area contributed by atoms with Crippen molar-refractivity contribution >= 4 is 5.91 Å². The summed E-state index contributed by atoms with van der Waals surface area (Å²) >= 11 is 0. The Kier molecular flexibility index (Phi) is 26.2. The van der Waals surface area contributed by atoms with Crippen LogP contribution in [-0.2, 0) is 33.2 Å². The van der Waals surface area contributed by atoms with Gasteiger partial charge in [0.05, 0.1) is 66.1 Å². The molecule has 0 heterocycles. The fraction of sp³-hybridized carbons (Fsp3) is 0.962. The quantitative estimate of drug-likeness (QED) is 0.161. The van der Waals surface area contributed by atoms with Crippen LogP contribution >= 0.6 is 0 Å². The molecule has 1 amide bonds. The van der Waals surface area contributed by atoms with Crippen molar-refractivity contribution in [3.05, 3.63) is 0 Å². The predicted molar refractivity (Wildman–Crippen MR) is 135 cm³/mol. The SMILES string of the molecule is CCCCCCC(CCCC)C(=O)N(CCOCCOCCOC)CCOCCOCCOC. The summed E-state index contributed by atoms with van der Waals surface area (Å²) in [6.45, 7) is 10.9. The Labute approximate surface area is 208 Å². The number of methoxy groups -OCH3 is 2. The van der Waals surface area contributed by atoms with Gasteiger partial charge in [0, 0.05) is 33.2 Å². The molecule has 0 spiro atoms. The van der Waals surface area contributed by atoms with Gasteiger partial charge in [0.2, 0.25) is 5.91 Å². The van der Waals surface area contributed by atoms with Gasteiger partial charge in [-0.15, -0.1) is 0 Å². The van der Waals surface area contributed by atoms with Crippen LogP contribution < -0.4 is 0 Å². The smallest absolute Gasteiger partial charge is 0.225 e. The minimum atomic E-state index is 0.0894. The number of hydrogen-bond donors (Lipinski definition) is 0. The maximum Gasteiger partial charge on any atom is 0.225 e. The molecule has 0 aromatic heterocycles. The Hall–Kier alpha value is -0.770. The molecule has 1 atom stereocenters. The summed E-state index contributed by atoms with van der Waals surface area (Å²) in [5.74, 6) is 0.330. The molecule has 0 radical (unpaired) electrons. The van der Waals surface area contributed by atoms with Gasteiger partial charge in [-0.25, -0.2) is 0 Å². The Morgan fingerprint density at radius 1 is 0.588 bits per heavy atom. The molecule has 0 fully saturated rings. The maximum atomic E-state index is 13.4. The van der Waals surface area contributed by atoms with Gasteiger partial charge >= 0.3 is 0 Å². The van der Waals surface area contributed by atoms with Crippen LogP contribution in [0.2, 0.25) is 0 Å². The van der Waals surface area contributed by atoms with Gasteiger partial charge < -0.3 is 33.3 Å². The molecule has 34 heavy (non-hydrogen) atoms. The van der Waals surface area contributed by atoms with Gasteiger partial charge in [0.1, 0.15) is 0 Å². The molecule has 0 bridgehead atoms. The summed E-state index contributed by atoms with van der Waals surface area (Å²) in [4.78, 5) is 15.4. The van der Waals surface area contributed by atoms with E-state index in [0.29, 0.717) is 79.2 Å². The van der Waals surface area contributed by atoms with Crippen molar-refractivity contribution in [2.75, 3.05) is 93.4 Å². The van der Waals surface area contributed by atoms with Gasteiger partial charge in [-0.05, 0) is 12.8 Å². The first-order valence-electron chi connectivity index (χ1n) is 13.3. The van der Waals surface area contributed by atoms with E-state index in [1.165, 1.54) is 19.3 Å². The highest BCUT2D eigenvalue weighted by atomic mass is 16.5. The zero-order valence-electron chi connectivity index (χ0n) is 22.5. The number of amides is 1. The zero-order valence-corrected chi connectivity index (χ0v) is 22.5. The van der Waals surface area contributed by atoms with E-state index in [-0.39, 0.29) is 11.8 Å². The average Bonchev–Trinajstić information content (AvgIpc) is 2.85. The molecule has 0 aromatic rings. The standard InChI is InChI=1S/C26H53NO7/c1-5-7-9-10-12-25(11-8-6-2)26(28)27(13-15-31-21-23-33-19-17-29-3)14-16-32-22-24-34-20-18-30-4/h25H,5-24H2,1-4H3. The summed E-state index contributed by atoms with van der Waals surface area (Å²) in [5, 5.41) is 0. The normalized spacial score (nSPS) is 12.2. The summed E-state index contributed by atoms with van der Waals surface area (Å²) in [6, 6.07) is 0. The first kappa shape index (κ1) is 33.2. The third-order valence-electron chi connectivity index (χ3n) is 5.59. The number of ether oxygens (including phenoxy) is 6. The Morgan fingerprint density at radius 3 is 1.50 bits per heavy atom. The van der Waals surface area contributed by atoms with E-state index in [0.717, 1.165) is 32.1 Å². The third-order valence-corrected chi connectivity index (χ3v) is 5.59. The van der Waals surface area contributed by atoms with Crippen molar-refractivity contribution in [1.82, 2.24) is 4.90 Å². The Morgan fingerprint density at radius 2 is 1.03 bits per heavy atom. The summed E-state index contributed by atoms with van der Waals surface area (Å²) in [5.41, 5.74) is 0. The molecular weight excluding hydrogens is 438 g/mol. The van der Waals surface area contributed by atoms with E-state index in [2.05, 4.69) is 13.8 Å². The van der Waals surface area contributed by atoms with Crippen molar-refractivity contribution in [2.45, 2.75) is 65.2 Å². The molecule has 8 nitrogen and oxygen atoms in total. The molecule has 204 valence electrons. The van der Waals surface area contributed by atoms with Crippen molar-refractivity contribution in [3.8, 4) is 0 Å². The van der Waals surface area contributed by atoms with Crippen LogP contribution in [0.4, 0.5) is 0 Å². The van der Waals surface area contributed by atoms with Gasteiger partial charge in [0.15, 0.2) is 0 Å². The van der Waals surface area contributed by atoms with E-state index in [1.807, 2.05) is 4.90 Å². The van der Waals surface area contributed by atoms with Crippen LogP contribution in [-0.4, -0.2) is 104 Å². The van der Waals surface area contributed by atoms with E-state index in [1.54, 1.807) is 14.2 Å². The van der Waals surface area contributed by atoms with E-state index in [4.69, 9.17) is 28.4 Å². The second-order valence-electron chi connectivity index (χ2n) is 8.45. The van der Waals surface area contributed by atoms with Crippen LogP contribution in [0.5, 0.6) is 0 Å². The topological polar surface area (TPSA) is 75.7 Å². The number of unbranched alkanes of at least 4 members (excludes halogenated alkanes) is 4. The molecule has 0 aliphatic carbocycles. The number of nitrogens with zero attached hydrogens (tertiary/aromatic N) is 1.